The molecule has 0 saturated heterocycles. The fourth-order valence-corrected chi connectivity index (χ4v) is 3.01. The molecule has 0 atom stereocenters. The van der Waals surface area contributed by atoms with E-state index in [9.17, 15) is 0 Å². The zero-order valence-corrected chi connectivity index (χ0v) is 15.4. The number of rotatable bonds is 4. The Labute approximate surface area is 162 Å². The van der Waals surface area contributed by atoms with Crippen LogP contribution in [0.5, 0.6) is 5.75 Å². The average molecular weight is 377 g/mol. The van der Waals surface area contributed by atoms with Gasteiger partial charge < -0.3 is 4.74 Å². The number of fused-ring (bicyclic) bond motifs is 1. The van der Waals surface area contributed by atoms with Crippen molar-refractivity contribution in [1.29, 1.82) is 0 Å². The third-order valence-corrected chi connectivity index (χ3v) is 4.33. The van der Waals surface area contributed by atoms with E-state index in [1.165, 1.54) is 0 Å². The van der Waals surface area contributed by atoms with Crippen LogP contribution in [0.4, 0.5) is 5.69 Å². The number of hydrogen-bond donors (Lipinski definition) is 1. The minimum absolute atomic E-state index is 0.628. The predicted molar refractivity (Wildman–Crippen MR) is 108 cm³/mol. The van der Waals surface area contributed by atoms with Gasteiger partial charge in [0.15, 0.2) is 5.84 Å². The number of hydrazone groups is 1. The van der Waals surface area contributed by atoms with Crippen molar-refractivity contribution in [1.82, 2.24) is 10.4 Å². The van der Waals surface area contributed by atoms with Gasteiger partial charge in [0.2, 0.25) is 0 Å². The second kappa shape index (κ2) is 7.60. The van der Waals surface area contributed by atoms with Crippen molar-refractivity contribution in [2.24, 2.45) is 10.1 Å². The Morgan fingerprint density at radius 1 is 1.04 bits per heavy atom. The number of aliphatic imine (C=N–C) groups is 1. The minimum atomic E-state index is 0.628. The fraction of sp³-hybridized carbons (Fsp3) is 0.0952. The van der Waals surface area contributed by atoms with E-state index < -0.39 is 0 Å². The number of ether oxygens (including phenoxy) is 1. The highest BCUT2D eigenvalue weighted by molar-refractivity contribution is 6.31. The molecule has 0 fully saturated rings. The third-order valence-electron chi connectivity index (χ3n) is 4.09. The highest BCUT2D eigenvalue weighted by Gasteiger charge is 2.18. The zero-order valence-electron chi connectivity index (χ0n) is 14.7. The zero-order chi connectivity index (χ0) is 18.6. The van der Waals surface area contributed by atoms with Gasteiger partial charge in [-0.3, -0.25) is 10.4 Å². The highest BCUT2D eigenvalue weighted by Crippen LogP contribution is 2.29. The molecule has 0 radical (unpaired) electrons. The van der Waals surface area contributed by atoms with Crippen molar-refractivity contribution >= 4 is 28.8 Å². The van der Waals surface area contributed by atoms with Gasteiger partial charge in [-0.05, 0) is 61.5 Å². The minimum Gasteiger partial charge on any atom is -0.494 e. The number of nitrogens with one attached hydrogen (secondary N) is 1. The molecule has 27 heavy (non-hydrogen) atoms. The number of aromatic nitrogens is 1. The lowest BCUT2D eigenvalue weighted by Gasteiger charge is -2.09. The summed E-state index contributed by atoms with van der Waals surface area (Å²) in [5, 5.41) is 5.25. The lowest BCUT2D eigenvalue weighted by Crippen LogP contribution is -2.19. The van der Waals surface area contributed by atoms with Crippen molar-refractivity contribution in [3.63, 3.8) is 0 Å². The van der Waals surface area contributed by atoms with Gasteiger partial charge in [0.25, 0.3) is 0 Å². The normalized spacial score (nSPS) is 13.0. The van der Waals surface area contributed by atoms with Gasteiger partial charge in [-0.15, -0.1) is 0 Å². The molecule has 1 N–H and O–H groups in total. The Bertz CT molecular complexity index is 1010. The van der Waals surface area contributed by atoms with Crippen molar-refractivity contribution in [3.8, 4) is 5.75 Å². The molecule has 1 aliphatic heterocycles. The standard InChI is InChI=1S/C21H17ClN4O/c1-2-27-17-8-5-14(6-9-17)20-18-12-16(22)7-10-19(18)24-21(26-25-20)15-4-3-11-23-13-15/h3-13H,2H2,1H3,(H,24,26). The van der Waals surface area contributed by atoms with Crippen molar-refractivity contribution in [2.75, 3.05) is 6.61 Å². The van der Waals surface area contributed by atoms with Crippen LogP contribution in [-0.4, -0.2) is 23.1 Å². The second-order valence-electron chi connectivity index (χ2n) is 5.89. The van der Waals surface area contributed by atoms with E-state index in [0.717, 1.165) is 33.8 Å². The second-order valence-corrected chi connectivity index (χ2v) is 6.33. The largest absolute Gasteiger partial charge is 0.494 e. The van der Waals surface area contributed by atoms with E-state index in [1.807, 2.05) is 61.5 Å². The molecule has 4 rings (SSSR count). The number of nitrogens with zero attached hydrogens (tertiary/aromatic N) is 3. The summed E-state index contributed by atoms with van der Waals surface area (Å²) < 4.78 is 5.53. The van der Waals surface area contributed by atoms with Crippen LogP contribution in [0.3, 0.4) is 0 Å². The number of benzene rings is 2. The molecule has 0 amide bonds. The van der Waals surface area contributed by atoms with Crippen LogP contribution in [0.25, 0.3) is 0 Å². The Kier molecular flexibility index (Phi) is 4.85. The maximum atomic E-state index is 6.25. The SMILES string of the molecule is CCOc1ccc(C2=NNC(c3cccnc3)=Nc3ccc(Cl)cc32)cc1. The highest BCUT2D eigenvalue weighted by atomic mass is 35.5. The number of pyridine rings is 1. The molecule has 2 heterocycles. The molecule has 134 valence electrons. The summed E-state index contributed by atoms with van der Waals surface area (Å²) in [6, 6.07) is 17.2. The number of hydrogen-bond acceptors (Lipinski definition) is 5. The maximum Gasteiger partial charge on any atom is 0.155 e. The molecule has 2 aromatic carbocycles. The molecule has 1 aliphatic rings. The molecule has 0 spiro atoms. The van der Waals surface area contributed by atoms with Crippen molar-refractivity contribution in [3.05, 3.63) is 88.7 Å². The third kappa shape index (κ3) is 3.68. The molecule has 0 unspecified atom stereocenters. The number of amidine groups is 1. The van der Waals surface area contributed by atoms with Gasteiger partial charge in [0.05, 0.1) is 12.3 Å². The van der Waals surface area contributed by atoms with Crippen LogP contribution in [-0.2, 0) is 0 Å². The maximum absolute atomic E-state index is 6.25. The van der Waals surface area contributed by atoms with Gasteiger partial charge in [0, 0.05) is 34.1 Å². The first-order chi connectivity index (χ1) is 13.2. The molecule has 1 aromatic heterocycles. The van der Waals surface area contributed by atoms with E-state index in [-0.39, 0.29) is 0 Å². The molecule has 0 bridgehead atoms. The van der Waals surface area contributed by atoms with Gasteiger partial charge in [-0.1, -0.05) is 11.6 Å². The summed E-state index contributed by atoms with van der Waals surface area (Å²) in [4.78, 5) is 8.90. The van der Waals surface area contributed by atoms with Gasteiger partial charge in [0.1, 0.15) is 11.5 Å². The van der Waals surface area contributed by atoms with Crippen LogP contribution < -0.4 is 10.2 Å². The van der Waals surface area contributed by atoms with E-state index in [4.69, 9.17) is 21.3 Å². The summed E-state index contributed by atoms with van der Waals surface area (Å²) in [7, 11) is 0. The quantitative estimate of drug-likeness (QED) is 0.725. The first-order valence-corrected chi connectivity index (χ1v) is 8.98. The molecule has 5 nitrogen and oxygen atoms in total. The fourth-order valence-electron chi connectivity index (χ4n) is 2.84. The lowest BCUT2D eigenvalue weighted by molar-refractivity contribution is 0.340. The van der Waals surface area contributed by atoms with E-state index in [2.05, 4.69) is 15.5 Å². The first kappa shape index (κ1) is 17.2. The topological polar surface area (TPSA) is 58.9 Å². The van der Waals surface area contributed by atoms with Crippen molar-refractivity contribution < 1.29 is 4.74 Å². The molecular formula is C21H17ClN4O. The Morgan fingerprint density at radius 2 is 1.89 bits per heavy atom. The van der Waals surface area contributed by atoms with E-state index >= 15 is 0 Å². The summed E-state index contributed by atoms with van der Waals surface area (Å²) in [5.41, 5.74) is 7.28. The van der Waals surface area contributed by atoms with Gasteiger partial charge in [-0.2, -0.15) is 5.10 Å². The molecule has 0 saturated carbocycles. The first-order valence-electron chi connectivity index (χ1n) is 8.60. The van der Waals surface area contributed by atoms with Crippen molar-refractivity contribution in [2.45, 2.75) is 6.92 Å². The lowest BCUT2D eigenvalue weighted by atomic mass is 10.0. The van der Waals surface area contributed by atoms with Crippen LogP contribution in [0, 0.1) is 0 Å². The smallest absolute Gasteiger partial charge is 0.155 e. The van der Waals surface area contributed by atoms with Crippen LogP contribution >= 0.6 is 11.6 Å². The summed E-state index contributed by atoms with van der Waals surface area (Å²) in [6.45, 7) is 2.59. The van der Waals surface area contributed by atoms with Crippen LogP contribution in [0.2, 0.25) is 5.02 Å². The Balaban J connectivity index is 1.80. The molecule has 0 aliphatic carbocycles. The predicted octanol–water partition coefficient (Wildman–Crippen LogP) is 4.57. The Morgan fingerprint density at radius 3 is 2.63 bits per heavy atom. The van der Waals surface area contributed by atoms with Crippen LogP contribution in [0.1, 0.15) is 23.6 Å². The van der Waals surface area contributed by atoms with Gasteiger partial charge in [-0.25, -0.2) is 4.99 Å². The summed E-state index contributed by atoms with van der Waals surface area (Å²) >= 11 is 6.25. The number of halogens is 1. The monoisotopic (exact) mass is 376 g/mol. The van der Waals surface area contributed by atoms with Crippen LogP contribution in [0.15, 0.2) is 77.1 Å². The summed E-state index contributed by atoms with van der Waals surface area (Å²) in [6.07, 6.45) is 3.47. The molecular weight excluding hydrogens is 360 g/mol. The van der Waals surface area contributed by atoms with Gasteiger partial charge >= 0.3 is 0 Å². The Hall–Kier alpha value is -3.18. The molecule has 6 heteroatoms. The average Bonchev–Trinajstić information content (AvgIpc) is 2.89. The van der Waals surface area contributed by atoms with E-state index in [1.54, 1.807) is 12.4 Å². The summed E-state index contributed by atoms with van der Waals surface area (Å²) in [5.74, 6) is 1.45. The van der Waals surface area contributed by atoms with E-state index in [0.29, 0.717) is 17.5 Å². The molecule has 3 aromatic rings.